The molecule has 0 bridgehead atoms. The van der Waals surface area contributed by atoms with E-state index in [4.69, 9.17) is 23.2 Å². The highest BCUT2D eigenvalue weighted by Gasteiger charge is 2.38. The van der Waals surface area contributed by atoms with Gasteiger partial charge in [0.1, 0.15) is 0 Å². The van der Waals surface area contributed by atoms with Crippen molar-refractivity contribution in [1.29, 1.82) is 0 Å². The molecule has 0 amide bonds. The minimum absolute atomic E-state index is 0.0118. The average Bonchev–Trinajstić information content (AvgIpc) is 2.40. The van der Waals surface area contributed by atoms with Crippen molar-refractivity contribution in [2.24, 2.45) is 5.92 Å². The molecule has 1 unspecified atom stereocenters. The third-order valence-electron chi connectivity index (χ3n) is 3.97. The van der Waals surface area contributed by atoms with Crippen molar-refractivity contribution >= 4 is 23.2 Å². The molecule has 0 radical (unpaired) electrons. The van der Waals surface area contributed by atoms with Crippen molar-refractivity contribution in [2.45, 2.75) is 44.6 Å². The molecule has 1 N–H and O–H groups in total. The summed E-state index contributed by atoms with van der Waals surface area (Å²) in [5.41, 5.74) is 0.913. The van der Waals surface area contributed by atoms with E-state index in [-0.39, 0.29) is 24.8 Å². The van der Waals surface area contributed by atoms with Gasteiger partial charge in [0.2, 0.25) is 5.92 Å². The molecule has 0 heterocycles. The Kier molecular flexibility index (Phi) is 5.27. The predicted octanol–water partition coefficient (Wildman–Crippen LogP) is 5.47. The molecule has 20 heavy (non-hydrogen) atoms. The molecular formula is C15H19Cl2F2N. The summed E-state index contributed by atoms with van der Waals surface area (Å²) in [6.45, 7) is 2.77. The van der Waals surface area contributed by atoms with Gasteiger partial charge in [0.15, 0.2) is 0 Å². The van der Waals surface area contributed by atoms with Crippen LogP contribution in [0.5, 0.6) is 0 Å². The van der Waals surface area contributed by atoms with Crippen LogP contribution in [0.3, 0.4) is 0 Å². The van der Waals surface area contributed by atoms with E-state index in [1.165, 1.54) is 0 Å². The van der Waals surface area contributed by atoms with E-state index in [2.05, 4.69) is 5.32 Å². The molecule has 1 aromatic rings. The number of hydrogen-bond acceptors (Lipinski definition) is 1. The lowest BCUT2D eigenvalue weighted by atomic mass is 9.79. The summed E-state index contributed by atoms with van der Waals surface area (Å²) in [4.78, 5) is 0. The molecular weight excluding hydrogens is 303 g/mol. The second-order valence-corrected chi connectivity index (χ2v) is 6.16. The van der Waals surface area contributed by atoms with Gasteiger partial charge >= 0.3 is 0 Å². The van der Waals surface area contributed by atoms with Crippen molar-refractivity contribution in [3.63, 3.8) is 0 Å². The number of alkyl halides is 2. The normalized spacial score (nSPS) is 20.9. The summed E-state index contributed by atoms with van der Waals surface area (Å²) >= 11 is 12.3. The van der Waals surface area contributed by atoms with Gasteiger partial charge in [-0.1, -0.05) is 42.3 Å². The Hall–Kier alpha value is -0.380. The highest BCUT2D eigenvalue weighted by atomic mass is 35.5. The minimum atomic E-state index is -2.51. The zero-order valence-corrected chi connectivity index (χ0v) is 12.9. The fraction of sp³-hybridized carbons (Fsp3) is 0.600. The van der Waals surface area contributed by atoms with Crippen molar-refractivity contribution in [3.05, 3.63) is 33.8 Å². The van der Waals surface area contributed by atoms with Gasteiger partial charge in [0.25, 0.3) is 0 Å². The summed E-state index contributed by atoms with van der Waals surface area (Å²) in [6, 6.07) is 5.51. The van der Waals surface area contributed by atoms with Crippen LogP contribution in [0.15, 0.2) is 18.2 Å². The van der Waals surface area contributed by atoms with Crippen LogP contribution in [0.1, 0.15) is 44.2 Å². The van der Waals surface area contributed by atoms with Gasteiger partial charge in [-0.15, -0.1) is 0 Å². The minimum Gasteiger partial charge on any atom is -0.310 e. The van der Waals surface area contributed by atoms with Crippen LogP contribution in [0.4, 0.5) is 8.78 Å². The third-order valence-corrected chi connectivity index (χ3v) is 4.81. The molecule has 0 saturated heterocycles. The number of halogens is 4. The Morgan fingerprint density at radius 2 is 1.95 bits per heavy atom. The van der Waals surface area contributed by atoms with Crippen LogP contribution < -0.4 is 5.32 Å². The lowest BCUT2D eigenvalue weighted by molar-refractivity contribution is -0.0497. The van der Waals surface area contributed by atoms with Crippen LogP contribution in [0, 0.1) is 5.92 Å². The van der Waals surface area contributed by atoms with Crippen molar-refractivity contribution in [1.82, 2.24) is 5.32 Å². The largest absolute Gasteiger partial charge is 0.310 e. The first-order valence-corrected chi connectivity index (χ1v) is 7.75. The summed E-state index contributed by atoms with van der Waals surface area (Å²) in [5.74, 6) is -2.34. The first-order chi connectivity index (χ1) is 9.44. The molecule has 1 aliphatic carbocycles. The van der Waals surface area contributed by atoms with Gasteiger partial charge in [-0.2, -0.15) is 0 Å². The summed E-state index contributed by atoms with van der Waals surface area (Å²) in [5, 5.41) is 4.41. The van der Waals surface area contributed by atoms with E-state index in [0.29, 0.717) is 22.9 Å². The molecule has 1 nitrogen and oxygen atoms in total. The van der Waals surface area contributed by atoms with E-state index in [1.807, 2.05) is 19.1 Å². The van der Waals surface area contributed by atoms with E-state index in [1.54, 1.807) is 6.07 Å². The highest BCUT2D eigenvalue weighted by molar-refractivity contribution is 6.42. The second-order valence-electron chi connectivity index (χ2n) is 5.37. The number of rotatable bonds is 4. The molecule has 2 rings (SSSR count). The van der Waals surface area contributed by atoms with Gasteiger partial charge in [-0.25, -0.2) is 8.78 Å². The van der Waals surface area contributed by atoms with Crippen LogP contribution in [0.2, 0.25) is 10.0 Å². The molecule has 1 fully saturated rings. The quantitative estimate of drug-likeness (QED) is 0.775. The number of nitrogens with one attached hydrogen (secondary N) is 1. The Labute approximate surface area is 128 Å². The van der Waals surface area contributed by atoms with Crippen LogP contribution >= 0.6 is 23.2 Å². The third kappa shape index (κ3) is 3.63. The smallest absolute Gasteiger partial charge is 0.248 e. The second kappa shape index (κ2) is 6.59. The molecule has 0 aliphatic heterocycles. The van der Waals surface area contributed by atoms with Gasteiger partial charge in [0.05, 0.1) is 10.0 Å². The van der Waals surface area contributed by atoms with Gasteiger partial charge in [-0.3, -0.25) is 0 Å². The SMILES string of the molecule is CCNC(c1cccc(Cl)c1Cl)C1CCC(F)(F)CC1. The summed E-state index contributed by atoms with van der Waals surface area (Å²) in [6.07, 6.45) is 0.927. The predicted molar refractivity (Wildman–Crippen MR) is 79.8 cm³/mol. The molecule has 112 valence electrons. The van der Waals surface area contributed by atoms with E-state index in [9.17, 15) is 8.78 Å². The fourth-order valence-electron chi connectivity index (χ4n) is 2.91. The molecule has 1 aromatic carbocycles. The molecule has 1 atom stereocenters. The van der Waals surface area contributed by atoms with Crippen molar-refractivity contribution < 1.29 is 8.78 Å². The Balaban J connectivity index is 2.21. The van der Waals surface area contributed by atoms with E-state index >= 15 is 0 Å². The maximum Gasteiger partial charge on any atom is 0.248 e. The maximum atomic E-state index is 13.3. The Bertz CT molecular complexity index is 455. The zero-order chi connectivity index (χ0) is 14.8. The van der Waals surface area contributed by atoms with Crippen LogP contribution in [-0.2, 0) is 0 Å². The monoisotopic (exact) mass is 321 g/mol. The first kappa shape index (κ1) is 16.0. The number of benzene rings is 1. The van der Waals surface area contributed by atoms with Gasteiger partial charge in [0, 0.05) is 18.9 Å². The van der Waals surface area contributed by atoms with E-state index < -0.39 is 5.92 Å². The summed E-state index contributed by atoms with van der Waals surface area (Å²) < 4.78 is 26.6. The lowest BCUT2D eigenvalue weighted by Gasteiger charge is -2.35. The average molecular weight is 322 g/mol. The van der Waals surface area contributed by atoms with Gasteiger partial charge < -0.3 is 5.32 Å². The van der Waals surface area contributed by atoms with Gasteiger partial charge in [-0.05, 0) is 36.9 Å². The molecule has 1 aliphatic rings. The number of hydrogen-bond donors (Lipinski definition) is 1. The maximum absolute atomic E-state index is 13.3. The topological polar surface area (TPSA) is 12.0 Å². The molecule has 0 aromatic heterocycles. The zero-order valence-electron chi connectivity index (χ0n) is 11.4. The molecule has 0 spiro atoms. The van der Waals surface area contributed by atoms with E-state index in [0.717, 1.165) is 12.1 Å². The first-order valence-electron chi connectivity index (χ1n) is 6.99. The van der Waals surface area contributed by atoms with Crippen molar-refractivity contribution in [3.8, 4) is 0 Å². The highest BCUT2D eigenvalue weighted by Crippen LogP contribution is 2.43. The standard InChI is InChI=1S/C15H19Cl2F2N/c1-2-20-14(10-6-8-15(18,19)9-7-10)11-4-3-5-12(16)13(11)17/h3-5,10,14,20H,2,6-9H2,1H3. The van der Waals surface area contributed by atoms with Crippen molar-refractivity contribution in [2.75, 3.05) is 6.54 Å². The van der Waals surface area contributed by atoms with Crippen LogP contribution in [-0.4, -0.2) is 12.5 Å². The van der Waals surface area contributed by atoms with Crippen LogP contribution in [0.25, 0.3) is 0 Å². The summed E-state index contributed by atoms with van der Waals surface area (Å²) in [7, 11) is 0. The Morgan fingerprint density at radius 1 is 1.30 bits per heavy atom. The Morgan fingerprint density at radius 3 is 2.55 bits per heavy atom. The molecule has 5 heteroatoms. The lowest BCUT2D eigenvalue weighted by Crippen LogP contribution is -2.34. The molecule has 1 saturated carbocycles. The fourth-order valence-corrected chi connectivity index (χ4v) is 3.33.